The summed E-state index contributed by atoms with van der Waals surface area (Å²) in [5.41, 5.74) is 0.811. The molecule has 1 aliphatic carbocycles. The summed E-state index contributed by atoms with van der Waals surface area (Å²) in [5.74, 6) is 0. The van der Waals surface area contributed by atoms with Crippen LogP contribution >= 0.6 is 0 Å². The summed E-state index contributed by atoms with van der Waals surface area (Å²) >= 11 is 0. The normalized spacial score (nSPS) is 14.5. The first-order valence-electron chi connectivity index (χ1n) is 6.41. The summed E-state index contributed by atoms with van der Waals surface area (Å²) in [6.07, 6.45) is 1.63. The summed E-state index contributed by atoms with van der Waals surface area (Å²) in [6, 6.07) is 5.21. The quantitative estimate of drug-likeness (QED) is 0.598. The van der Waals surface area contributed by atoms with Gasteiger partial charge in [0.05, 0.1) is 10.2 Å². The number of hydrogen-bond acceptors (Lipinski definition) is 5. The zero-order valence-electron chi connectivity index (χ0n) is 11.1. The highest BCUT2D eigenvalue weighted by Crippen LogP contribution is 2.27. The van der Waals surface area contributed by atoms with E-state index in [1.807, 2.05) is 4.72 Å². The van der Waals surface area contributed by atoms with Crippen molar-refractivity contribution in [2.24, 2.45) is 0 Å². The molecule has 1 aliphatic rings. The van der Waals surface area contributed by atoms with Gasteiger partial charge in [0, 0.05) is 18.7 Å². The van der Waals surface area contributed by atoms with Crippen molar-refractivity contribution < 1.29 is 18.1 Å². The minimum absolute atomic E-state index is 0.0000194. The molecule has 0 heterocycles. The molecule has 114 valence electrons. The maximum Gasteiger partial charge on any atom is 0.328 e. The van der Waals surface area contributed by atoms with Gasteiger partial charge in [-0.05, 0) is 24.8 Å². The van der Waals surface area contributed by atoms with Crippen LogP contribution in [0, 0.1) is 10.1 Å². The lowest BCUT2D eigenvalue weighted by Gasteiger charge is -2.07. The molecule has 0 radical (unpaired) electrons. The lowest BCUT2D eigenvalue weighted by molar-refractivity contribution is -0.384. The van der Waals surface area contributed by atoms with Crippen molar-refractivity contribution in [1.29, 1.82) is 0 Å². The molecule has 0 unspecified atom stereocenters. The van der Waals surface area contributed by atoms with Crippen LogP contribution in [0.3, 0.4) is 0 Å². The van der Waals surface area contributed by atoms with Gasteiger partial charge in [-0.25, -0.2) is 17.9 Å². The molecule has 0 aromatic heterocycles. The van der Waals surface area contributed by atoms with Gasteiger partial charge >= 0.3 is 6.03 Å². The molecule has 2 amide bonds. The molecule has 0 spiro atoms. The van der Waals surface area contributed by atoms with Gasteiger partial charge < -0.3 is 5.32 Å². The molecule has 8 nitrogen and oxygen atoms in total. The molecular weight excluding hydrogens is 298 g/mol. The van der Waals surface area contributed by atoms with E-state index in [-0.39, 0.29) is 12.2 Å². The van der Waals surface area contributed by atoms with Gasteiger partial charge in [0.2, 0.25) is 10.0 Å². The Morgan fingerprint density at radius 2 is 1.90 bits per heavy atom. The summed E-state index contributed by atoms with van der Waals surface area (Å²) < 4.78 is 25.0. The molecule has 1 aromatic rings. The maximum atomic E-state index is 11.5. The first-order chi connectivity index (χ1) is 9.88. The molecule has 9 heteroatoms. The zero-order chi connectivity index (χ0) is 15.5. The fraction of sp³-hybridized carbons (Fsp3) is 0.417. The van der Waals surface area contributed by atoms with E-state index in [1.54, 1.807) is 12.1 Å². The van der Waals surface area contributed by atoms with Gasteiger partial charge in [-0.3, -0.25) is 10.1 Å². The molecule has 21 heavy (non-hydrogen) atoms. The van der Waals surface area contributed by atoms with Crippen LogP contribution in [0.1, 0.15) is 18.4 Å². The molecule has 1 fully saturated rings. The molecule has 2 rings (SSSR count). The Morgan fingerprint density at radius 1 is 1.29 bits per heavy atom. The van der Waals surface area contributed by atoms with Crippen molar-refractivity contribution in [2.45, 2.75) is 24.5 Å². The minimum atomic E-state index is -3.53. The van der Waals surface area contributed by atoms with Gasteiger partial charge in [0.1, 0.15) is 0 Å². The van der Waals surface area contributed by atoms with Crippen LogP contribution in [0.5, 0.6) is 0 Å². The molecule has 0 atom stereocenters. The molecule has 1 saturated carbocycles. The Kier molecular flexibility index (Phi) is 4.41. The third-order valence-corrected chi connectivity index (χ3v) is 4.86. The average molecular weight is 313 g/mol. The number of benzene rings is 1. The van der Waals surface area contributed by atoms with Crippen molar-refractivity contribution >= 4 is 21.7 Å². The number of nitro benzene ring substituents is 1. The van der Waals surface area contributed by atoms with E-state index in [9.17, 15) is 23.3 Å². The fourth-order valence-corrected chi connectivity index (χ4v) is 2.99. The molecule has 0 saturated heterocycles. The first-order valence-corrected chi connectivity index (χ1v) is 7.96. The highest BCUT2D eigenvalue weighted by molar-refractivity contribution is 7.90. The Balaban J connectivity index is 1.76. The highest BCUT2D eigenvalue weighted by Gasteiger charge is 2.36. The van der Waals surface area contributed by atoms with E-state index < -0.39 is 26.2 Å². The summed E-state index contributed by atoms with van der Waals surface area (Å²) in [4.78, 5) is 21.4. The van der Waals surface area contributed by atoms with E-state index >= 15 is 0 Å². The van der Waals surface area contributed by atoms with Gasteiger partial charge in [0.25, 0.3) is 5.69 Å². The van der Waals surface area contributed by atoms with Crippen LogP contribution in [0.2, 0.25) is 0 Å². The number of rotatable bonds is 6. The average Bonchev–Trinajstić information content (AvgIpc) is 3.23. The number of nitrogens with one attached hydrogen (secondary N) is 2. The Labute approximate surface area is 121 Å². The molecular formula is C12H15N3O5S. The van der Waals surface area contributed by atoms with Crippen molar-refractivity contribution in [1.82, 2.24) is 10.0 Å². The maximum absolute atomic E-state index is 11.5. The Hall–Kier alpha value is -2.16. The second-order valence-electron chi connectivity index (χ2n) is 4.78. The van der Waals surface area contributed by atoms with Crippen molar-refractivity contribution in [3.63, 3.8) is 0 Å². The van der Waals surface area contributed by atoms with E-state index in [1.165, 1.54) is 12.1 Å². The Morgan fingerprint density at radius 3 is 2.43 bits per heavy atom. The summed E-state index contributed by atoms with van der Waals surface area (Å²) in [6.45, 7) is 0.240. The topological polar surface area (TPSA) is 118 Å². The second kappa shape index (κ2) is 6.08. The van der Waals surface area contributed by atoms with Crippen molar-refractivity contribution in [2.75, 3.05) is 6.54 Å². The van der Waals surface area contributed by atoms with E-state index in [0.717, 1.165) is 5.56 Å². The third-order valence-electron chi connectivity index (χ3n) is 3.04. The lowest BCUT2D eigenvalue weighted by Crippen LogP contribution is -2.41. The standard InChI is InChI=1S/C12H15N3O5S/c16-12(14-21(19,20)11-5-6-11)13-8-7-9-1-3-10(4-2-9)15(17)18/h1-4,11H,5-8H2,(H2,13,14,16). The number of carbonyl (C=O) groups is 1. The number of carbonyl (C=O) groups excluding carboxylic acids is 1. The smallest absolute Gasteiger partial charge is 0.328 e. The van der Waals surface area contributed by atoms with Crippen molar-refractivity contribution in [3.8, 4) is 0 Å². The lowest BCUT2D eigenvalue weighted by atomic mass is 10.1. The number of nitro groups is 1. The number of amides is 2. The largest absolute Gasteiger partial charge is 0.337 e. The van der Waals surface area contributed by atoms with Crippen molar-refractivity contribution in [3.05, 3.63) is 39.9 Å². The third kappa shape index (κ3) is 4.42. The van der Waals surface area contributed by atoms with Crippen LogP contribution in [-0.2, 0) is 16.4 Å². The number of sulfonamides is 1. The van der Waals surface area contributed by atoms with Crippen LogP contribution in [-0.4, -0.2) is 31.2 Å². The second-order valence-corrected chi connectivity index (χ2v) is 6.74. The predicted octanol–water partition coefficient (Wildman–Crippen LogP) is 0.929. The molecule has 0 aliphatic heterocycles. The van der Waals surface area contributed by atoms with Gasteiger partial charge in [-0.1, -0.05) is 12.1 Å². The van der Waals surface area contributed by atoms with Crippen LogP contribution in [0.25, 0.3) is 0 Å². The monoisotopic (exact) mass is 313 g/mol. The van der Waals surface area contributed by atoms with Gasteiger partial charge in [0.15, 0.2) is 0 Å². The number of nitrogens with zero attached hydrogens (tertiary/aromatic N) is 1. The van der Waals surface area contributed by atoms with E-state index in [2.05, 4.69) is 5.32 Å². The number of urea groups is 1. The summed E-state index contributed by atoms with van der Waals surface area (Å²) in [7, 11) is -3.53. The predicted molar refractivity (Wildman–Crippen MR) is 75.3 cm³/mol. The van der Waals surface area contributed by atoms with Crippen LogP contribution < -0.4 is 10.0 Å². The van der Waals surface area contributed by atoms with Gasteiger partial charge in [-0.15, -0.1) is 0 Å². The fourth-order valence-electron chi connectivity index (χ4n) is 1.73. The molecule has 1 aromatic carbocycles. The first kappa shape index (κ1) is 15.2. The zero-order valence-corrected chi connectivity index (χ0v) is 11.9. The molecule has 2 N–H and O–H groups in total. The van der Waals surface area contributed by atoms with Gasteiger partial charge in [-0.2, -0.15) is 0 Å². The SMILES string of the molecule is O=C(NCCc1ccc([N+](=O)[O-])cc1)NS(=O)(=O)C1CC1. The number of non-ortho nitro benzene ring substituents is 1. The highest BCUT2D eigenvalue weighted by atomic mass is 32.2. The Bertz CT molecular complexity index is 637. The van der Waals surface area contributed by atoms with E-state index in [4.69, 9.17) is 0 Å². The van der Waals surface area contributed by atoms with E-state index in [0.29, 0.717) is 19.3 Å². The van der Waals surface area contributed by atoms with Crippen LogP contribution in [0.15, 0.2) is 24.3 Å². The minimum Gasteiger partial charge on any atom is -0.337 e. The summed E-state index contributed by atoms with van der Waals surface area (Å²) in [5, 5.41) is 12.5. The van der Waals surface area contributed by atoms with Crippen LogP contribution in [0.4, 0.5) is 10.5 Å². The molecule has 0 bridgehead atoms. The number of hydrogen-bond donors (Lipinski definition) is 2.